The number of rotatable bonds is 11. The maximum atomic E-state index is 12.5. The highest BCUT2D eigenvalue weighted by Gasteiger charge is 2.29. The van der Waals surface area contributed by atoms with E-state index < -0.39 is 0 Å². The zero-order valence-electron chi connectivity index (χ0n) is 22.9. The van der Waals surface area contributed by atoms with Crippen LogP contribution in [0.5, 0.6) is 5.75 Å². The number of benzene rings is 1. The summed E-state index contributed by atoms with van der Waals surface area (Å²) in [7, 11) is 1.75. The zero-order chi connectivity index (χ0) is 26.1. The van der Waals surface area contributed by atoms with Crippen molar-refractivity contribution in [2.45, 2.75) is 82.7 Å². The van der Waals surface area contributed by atoms with Crippen LogP contribution in [0.4, 0.5) is 10.5 Å². The van der Waals surface area contributed by atoms with Gasteiger partial charge < -0.3 is 39.8 Å². The van der Waals surface area contributed by atoms with Crippen molar-refractivity contribution in [2.24, 2.45) is 0 Å². The lowest BCUT2D eigenvalue weighted by Crippen LogP contribution is -2.55. The minimum Gasteiger partial charge on any atom is -0.490 e. The lowest BCUT2D eigenvalue weighted by atomic mass is 9.90. The molecule has 2 atom stereocenters. The van der Waals surface area contributed by atoms with Crippen LogP contribution < -0.4 is 25.6 Å². The summed E-state index contributed by atoms with van der Waals surface area (Å²) in [4.78, 5) is 14.9. The molecular formula is C28H46N4O5. The van der Waals surface area contributed by atoms with Gasteiger partial charge in [-0.05, 0) is 70.1 Å². The molecule has 3 heterocycles. The number of methoxy groups -OCH3 is 1. The summed E-state index contributed by atoms with van der Waals surface area (Å²) in [5.41, 5.74) is 2.03. The van der Waals surface area contributed by atoms with Crippen molar-refractivity contribution in [1.82, 2.24) is 16.0 Å². The largest absolute Gasteiger partial charge is 0.490 e. The molecule has 2 fully saturated rings. The summed E-state index contributed by atoms with van der Waals surface area (Å²) in [5, 5.41) is 9.92. The van der Waals surface area contributed by atoms with E-state index >= 15 is 0 Å². The maximum Gasteiger partial charge on any atom is 0.315 e. The van der Waals surface area contributed by atoms with Gasteiger partial charge in [0.15, 0.2) is 0 Å². The van der Waals surface area contributed by atoms with E-state index in [0.717, 1.165) is 96.0 Å². The molecule has 3 aliphatic heterocycles. The number of carbonyl (C=O) groups excluding carboxylic acids is 1. The quantitative estimate of drug-likeness (QED) is 0.388. The molecule has 37 heavy (non-hydrogen) atoms. The van der Waals surface area contributed by atoms with Crippen molar-refractivity contribution in [3.05, 3.63) is 23.8 Å². The van der Waals surface area contributed by atoms with Crippen molar-refractivity contribution >= 4 is 11.7 Å². The number of ether oxygens (including phenoxy) is 4. The van der Waals surface area contributed by atoms with Gasteiger partial charge in [0.1, 0.15) is 12.4 Å². The van der Waals surface area contributed by atoms with E-state index in [4.69, 9.17) is 18.9 Å². The number of carbonyl (C=O) groups is 1. The molecule has 0 bridgehead atoms. The highest BCUT2D eigenvalue weighted by atomic mass is 16.5. The molecule has 2 saturated heterocycles. The van der Waals surface area contributed by atoms with Crippen LogP contribution in [0.15, 0.2) is 18.2 Å². The summed E-state index contributed by atoms with van der Waals surface area (Å²) in [6.45, 7) is 10.4. The molecule has 208 valence electrons. The Labute approximate surface area is 221 Å². The van der Waals surface area contributed by atoms with Crippen LogP contribution in [-0.2, 0) is 20.8 Å². The van der Waals surface area contributed by atoms with Crippen LogP contribution in [0, 0.1) is 0 Å². The standard InChI is InChI=1S/C28H46N4O5/c1-28(2,31-27(33)30-22-9-14-35-15-10-22)18-23-6-7-24(19-29-23)37-20-21-5-8-26-25(17-21)32(12-16-36-26)11-4-13-34-3/h5,8,17,22-24,29H,4,6-7,9-16,18-20H2,1-3H3,(H2,30,31,33)/t23?,24-/m1/s1. The smallest absolute Gasteiger partial charge is 0.315 e. The molecule has 3 N–H and O–H groups in total. The van der Waals surface area contributed by atoms with E-state index in [1.54, 1.807) is 7.11 Å². The van der Waals surface area contributed by atoms with Gasteiger partial charge in [-0.25, -0.2) is 4.79 Å². The molecule has 1 aromatic carbocycles. The van der Waals surface area contributed by atoms with Crippen LogP contribution in [0.3, 0.4) is 0 Å². The van der Waals surface area contributed by atoms with Gasteiger partial charge >= 0.3 is 6.03 Å². The highest BCUT2D eigenvalue weighted by Crippen LogP contribution is 2.33. The second kappa shape index (κ2) is 13.6. The Morgan fingerprint density at radius 3 is 2.78 bits per heavy atom. The SMILES string of the molecule is COCCCN1CCOc2ccc(CO[C@@H]3CCC(CC(C)(C)NC(=O)NC4CCOCC4)NC3)cc21. The van der Waals surface area contributed by atoms with Crippen molar-refractivity contribution in [3.8, 4) is 5.75 Å². The average Bonchev–Trinajstić information content (AvgIpc) is 2.88. The molecule has 4 rings (SSSR count). The van der Waals surface area contributed by atoms with Crippen LogP contribution in [0.1, 0.15) is 57.9 Å². The number of nitrogens with one attached hydrogen (secondary N) is 3. The normalized spacial score (nSPS) is 22.7. The Bertz CT molecular complexity index is 853. The number of hydrogen-bond donors (Lipinski definition) is 3. The Kier molecular flexibility index (Phi) is 10.3. The van der Waals surface area contributed by atoms with E-state index in [1.807, 2.05) is 0 Å². The first kappa shape index (κ1) is 28.0. The molecule has 2 amide bonds. The molecule has 0 saturated carbocycles. The number of anilines is 1. The number of nitrogens with zero attached hydrogens (tertiary/aromatic N) is 1. The predicted molar refractivity (Wildman–Crippen MR) is 144 cm³/mol. The lowest BCUT2D eigenvalue weighted by molar-refractivity contribution is 0.0159. The van der Waals surface area contributed by atoms with Crippen LogP contribution >= 0.6 is 0 Å². The van der Waals surface area contributed by atoms with Crippen molar-refractivity contribution in [3.63, 3.8) is 0 Å². The van der Waals surface area contributed by atoms with Crippen LogP contribution in [-0.4, -0.2) is 82.9 Å². The third-order valence-corrected chi connectivity index (χ3v) is 7.48. The third-order valence-electron chi connectivity index (χ3n) is 7.48. The van der Waals surface area contributed by atoms with Gasteiger partial charge in [-0.2, -0.15) is 0 Å². The van der Waals surface area contributed by atoms with Gasteiger partial charge in [0.25, 0.3) is 0 Å². The number of urea groups is 1. The molecule has 3 aliphatic rings. The fourth-order valence-corrected chi connectivity index (χ4v) is 5.50. The lowest BCUT2D eigenvalue weighted by Gasteiger charge is -2.36. The average molecular weight is 519 g/mol. The molecule has 1 unspecified atom stereocenters. The molecular weight excluding hydrogens is 472 g/mol. The Hall–Kier alpha value is -2.07. The van der Waals surface area contributed by atoms with E-state index in [2.05, 4.69) is 52.9 Å². The molecule has 0 aromatic heterocycles. The fourth-order valence-electron chi connectivity index (χ4n) is 5.50. The summed E-state index contributed by atoms with van der Waals surface area (Å²) in [6.07, 6.45) is 5.87. The molecule has 0 aliphatic carbocycles. The molecule has 0 radical (unpaired) electrons. The van der Waals surface area contributed by atoms with Crippen molar-refractivity contribution in [1.29, 1.82) is 0 Å². The van der Waals surface area contributed by atoms with Gasteiger partial charge in [-0.15, -0.1) is 0 Å². The number of amides is 2. The van der Waals surface area contributed by atoms with E-state index in [-0.39, 0.29) is 23.7 Å². The molecule has 1 aromatic rings. The predicted octanol–water partition coefficient (Wildman–Crippen LogP) is 3.21. The van der Waals surface area contributed by atoms with Gasteiger partial charge in [-0.1, -0.05) is 6.07 Å². The minimum atomic E-state index is -0.291. The number of hydrogen-bond acceptors (Lipinski definition) is 7. The highest BCUT2D eigenvalue weighted by molar-refractivity contribution is 5.75. The van der Waals surface area contributed by atoms with Gasteiger partial charge in [0.05, 0.1) is 24.9 Å². The minimum absolute atomic E-state index is 0.0818. The third kappa shape index (κ3) is 8.74. The second-order valence-electron chi connectivity index (χ2n) is 11.2. The first-order chi connectivity index (χ1) is 17.9. The first-order valence-electron chi connectivity index (χ1n) is 13.9. The van der Waals surface area contributed by atoms with Crippen LogP contribution in [0.2, 0.25) is 0 Å². The zero-order valence-corrected chi connectivity index (χ0v) is 22.9. The van der Waals surface area contributed by atoms with Crippen molar-refractivity contribution in [2.75, 3.05) is 58.1 Å². The number of piperidine rings is 1. The first-order valence-corrected chi connectivity index (χ1v) is 13.9. The van der Waals surface area contributed by atoms with E-state index in [0.29, 0.717) is 12.6 Å². The Balaban J connectivity index is 1.18. The van der Waals surface area contributed by atoms with Crippen molar-refractivity contribution < 1.29 is 23.7 Å². The molecule has 9 nitrogen and oxygen atoms in total. The summed E-state index contributed by atoms with van der Waals surface area (Å²) in [5.74, 6) is 0.951. The monoisotopic (exact) mass is 518 g/mol. The second-order valence-corrected chi connectivity index (χ2v) is 11.2. The van der Waals surface area contributed by atoms with Gasteiger partial charge in [0.2, 0.25) is 0 Å². The Morgan fingerprint density at radius 2 is 2.03 bits per heavy atom. The Morgan fingerprint density at radius 1 is 1.19 bits per heavy atom. The molecule has 9 heteroatoms. The summed E-state index contributed by atoms with van der Waals surface area (Å²) >= 11 is 0. The summed E-state index contributed by atoms with van der Waals surface area (Å²) < 4.78 is 22.7. The van der Waals surface area contributed by atoms with Crippen LogP contribution in [0.25, 0.3) is 0 Å². The van der Waals surface area contributed by atoms with E-state index in [1.165, 1.54) is 5.56 Å². The maximum absolute atomic E-state index is 12.5. The van der Waals surface area contributed by atoms with Gasteiger partial charge in [-0.3, -0.25) is 0 Å². The number of fused-ring (bicyclic) bond motifs is 1. The fraction of sp³-hybridized carbons (Fsp3) is 0.750. The van der Waals surface area contributed by atoms with E-state index in [9.17, 15) is 4.79 Å². The summed E-state index contributed by atoms with van der Waals surface area (Å²) in [6, 6.07) is 6.87. The topological polar surface area (TPSA) is 93.3 Å². The molecule has 0 spiro atoms. The van der Waals surface area contributed by atoms with Gasteiger partial charge in [0, 0.05) is 57.6 Å².